The topological polar surface area (TPSA) is 73.8 Å². The summed E-state index contributed by atoms with van der Waals surface area (Å²) in [5.74, 6) is -1.24. The van der Waals surface area contributed by atoms with E-state index in [1.54, 1.807) is 37.3 Å². The number of hydrogen-bond donors (Lipinski definition) is 0. The van der Waals surface area contributed by atoms with E-state index in [4.69, 9.17) is 11.6 Å². The van der Waals surface area contributed by atoms with Crippen molar-refractivity contribution in [2.75, 3.05) is 0 Å². The lowest BCUT2D eigenvalue weighted by molar-refractivity contribution is -0.385. The summed E-state index contributed by atoms with van der Waals surface area (Å²) in [4.78, 5) is 14.0. The van der Waals surface area contributed by atoms with E-state index in [0.29, 0.717) is 21.7 Å². The molecule has 10 heteroatoms. The van der Waals surface area contributed by atoms with Gasteiger partial charge in [0.25, 0.3) is 11.5 Å². The molecule has 0 spiro atoms. The largest absolute Gasteiger partial charge is 0.453 e. The third-order valence-electron chi connectivity index (χ3n) is 3.82. The first-order chi connectivity index (χ1) is 12.6. The van der Waals surface area contributed by atoms with Crippen molar-refractivity contribution in [3.8, 4) is 11.4 Å². The van der Waals surface area contributed by atoms with Crippen LogP contribution in [0.4, 0.5) is 18.9 Å². The molecule has 0 amide bonds. The molecule has 0 N–H and O–H groups in total. The molecule has 0 atom stereocenters. The van der Waals surface area contributed by atoms with Crippen LogP contribution in [-0.4, -0.2) is 19.7 Å². The lowest BCUT2D eigenvalue weighted by atomic mass is 10.1. The van der Waals surface area contributed by atoms with Gasteiger partial charge in [-0.3, -0.25) is 10.1 Å². The van der Waals surface area contributed by atoms with Gasteiger partial charge in [-0.2, -0.15) is 13.2 Å². The monoisotopic (exact) mass is 396 g/mol. The normalized spacial score (nSPS) is 11.6. The van der Waals surface area contributed by atoms with Crippen LogP contribution in [0.3, 0.4) is 0 Å². The maximum atomic E-state index is 13.1. The fourth-order valence-corrected chi connectivity index (χ4v) is 2.70. The van der Waals surface area contributed by atoms with Gasteiger partial charge in [0.15, 0.2) is 5.82 Å². The highest BCUT2D eigenvalue weighted by Gasteiger charge is 2.37. The fourth-order valence-electron chi connectivity index (χ4n) is 2.58. The van der Waals surface area contributed by atoms with Crippen LogP contribution in [0.25, 0.3) is 11.4 Å². The quantitative estimate of drug-likeness (QED) is 0.465. The fraction of sp³-hybridized carbons (Fsp3) is 0.176. The van der Waals surface area contributed by atoms with Crippen LogP contribution in [0, 0.1) is 17.0 Å². The van der Waals surface area contributed by atoms with E-state index in [1.807, 2.05) is 0 Å². The van der Waals surface area contributed by atoms with Crippen molar-refractivity contribution in [2.45, 2.75) is 19.6 Å². The van der Waals surface area contributed by atoms with Crippen molar-refractivity contribution in [3.63, 3.8) is 0 Å². The lowest BCUT2D eigenvalue weighted by Gasteiger charge is -2.07. The molecule has 0 saturated heterocycles. The van der Waals surface area contributed by atoms with Gasteiger partial charge in [0.05, 0.1) is 11.5 Å². The highest BCUT2D eigenvalue weighted by atomic mass is 35.5. The molecule has 0 saturated carbocycles. The van der Waals surface area contributed by atoms with Crippen molar-refractivity contribution in [1.29, 1.82) is 0 Å². The van der Waals surface area contributed by atoms with Crippen LogP contribution >= 0.6 is 11.6 Å². The Hall–Kier alpha value is -2.94. The molecule has 6 nitrogen and oxygen atoms in total. The minimum absolute atomic E-state index is 0.0231. The van der Waals surface area contributed by atoms with Gasteiger partial charge >= 0.3 is 6.18 Å². The van der Waals surface area contributed by atoms with Gasteiger partial charge in [-0.25, -0.2) is 9.67 Å². The number of alkyl halides is 3. The summed E-state index contributed by atoms with van der Waals surface area (Å²) in [7, 11) is 0. The van der Waals surface area contributed by atoms with Crippen LogP contribution in [0.1, 0.15) is 17.0 Å². The average Bonchev–Trinajstić information content (AvgIpc) is 2.99. The molecule has 27 heavy (non-hydrogen) atoms. The second-order valence-electron chi connectivity index (χ2n) is 5.80. The van der Waals surface area contributed by atoms with Crippen LogP contribution in [0.15, 0.2) is 42.5 Å². The predicted octanol–water partition coefficient (Wildman–Crippen LogP) is 4.88. The first-order valence-electron chi connectivity index (χ1n) is 7.67. The molecular weight excluding hydrogens is 385 g/mol. The Morgan fingerprint density at radius 3 is 2.41 bits per heavy atom. The van der Waals surface area contributed by atoms with Gasteiger partial charge in [0.2, 0.25) is 0 Å². The van der Waals surface area contributed by atoms with Gasteiger partial charge in [0.1, 0.15) is 0 Å². The number of halogens is 4. The van der Waals surface area contributed by atoms with Crippen molar-refractivity contribution in [2.24, 2.45) is 0 Å². The zero-order chi connectivity index (χ0) is 19.8. The maximum absolute atomic E-state index is 13.1. The lowest BCUT2D eigenvalue weighted by Crippen LogP contribution is -2.09. The molecule has 0 bridgehead atoms. The summed E-state index contributed by atoms with van der Waals surface area (Å²) in [5.41, 5.74) is 1.32. The summed E-state index contributed by atoms with van der Waals surface area (Å²) in [6.45, 7) is 1.53. The van der Waals surface area contributed by atoms with E-state index in [2.05, 4.69) is 10.1 Å². The number of nitro groups is 1. The molecule has 3 aromatic rings. The Bertz CT molecular complexity index is 1000. The third-order valence-corrected chi connectivity index (χ3v) is 4.07. The Labute approximate surface area is 156 Å². The number of aromatic nitrogens is 3. The molecule has 140 valence electrons. The Morgan fingerprint density at radius 1 is 1.19 bits per heavy atom. The molecule has 1 aromatic heterocycles. The standard InChI is InChI=1S/C17H12ClF3N4O2/c1-10-8-11(2-7-14(10)25(26)27)9-24-15(12-3-5-13(18)6-4-12)22-16(23-24)17(19,20)21/h2-8H,9H2,1H3. The van der Waals surface area contributed by atoms with E-state index in [-0.39, 0.29) is 18.1 Å². The number of aryl methyl sites for hydroxylation is 1. The van der Waals surface area contributed by atoms with E-state index in [9.17, 15) is 23.3 Å². The van der Waals surface area contributed by atoms with Gasteiger partial charge in [-0.1, -0.05) is 17.7 Å². The number of nitro benzene ring substituents is 1. The second-order valence-corrected chi connectivity index (χ2v) is 6.24. The number of rotatable bonds is 4. The van der Waals surface area contributed by atoms with Crippen molar-refractivity contribution in [1.82, 2.24) is 14.8 Å². The van der Waals surface area contributed by atoms with Crippen LogP contribution < -0.4 is 0 Å². The van der Waals surface area contributed by atoms with Crippen LogP contribution in [0.5, 0.6) is 0 Å². The van der Waals surface area contributed by atoms with Crippen molar-refractivity contribution in [3.05, 3.63) is 74.6 Å². The zero-order valence-corrected chi connectivity index (χ0v) is 14.6. The first-order valence-corrected chi connectivity index (χ1v) is 8.05. The molecule has 0 aliphatic rings. The zero-order valence-electron chi connectivity index (χ0n) is 13.9. The van der Waals surface area contributed by atoms with E-state index >= 15 is 0 Å². The van der Waals surface area contributed by atoms with E-state index in [1.165, 1.54) is 12.1 Å². The summed E-state index contributed by atoms with van der Waals surface area (Å²) in [5, 5.41) is 14.9. The summed E-state index contributed by atoms with van der Waals surface area (Å²) >= 11 is 5.83. The summed E-state index contributed by atoms with van der Waals surface area (Å²) in [6, 6.07) is 10.5. The van der Waals surface area contributed by atoms with Gasteiger partial charge in [0, 0.05) is 22.2 Å². The molecule has 3 rings (SSSR count). The Kier molecular flexibility index (Phi) is 4.88. The molecule has 0 fully saturated rings. The SMILES string of the molecule is Cc1cc(Cn2nc(C(F)(F)F)nc2-c2ccc(Cl)cc2)ccc1[N+](=O)[O-]. The van der Waals surface area contributed by atoms with Crippen LogP contribution in [-0.2, 0) is 12.7 Å². The predicted molar refractivity (Wildman–Crippen MR) is 92.4 cm³/mol. The average molecular weight is 397 g/mol. The third kappa shape index (κ3) is 4.08. The number of benzene rings is 2. The summed E-state index contributed by atoms with van der Waals surface area (Å²) in [6.07, 6.45) is -4.70. The van der Waals surface area contributed by atoms with Crippen LogP contribution in [0.2, 0.25) is 5.02 Å². The molecule has 2 aromatic carbocycles. The number of hydrogen-bond acceptors (Lipinski definition) is 4. The second kappa shape index (κ2) is 6.99. The van der Waals surface area contributed by atoms with Gasteiger partial charge in [-0.05, 0) is 42.8 Å². The molecule has 0 aliphatic heterocycles. The van der Waals surface area contributed by atoms with Gasteiger partial charge < -0.3 is 0 Å². The highest BCUT2D eigenvalue weighted by molar-refractivity contribution is 6.30. The molecular formula is C17H12ClF3N4O2. The molecule has 0 radical (unpaired) electrons. The smallest absolute Gasteiger partial charge is 0.258 e. The molecule has 0 unspecified atom stereocenters. The Morgan fingerprint density at radius 2 is 1.85 bits per heavy atom. The van der Waals surface area contributed by atoms with E-state index in [0.717, 1.165) is 4.68 Å². The van der Waals surface area contributed by atoms with Crippen molar-refractivity contribution >= 4 is 17.3 Å². The van der Waals surface area contributed by atoms with Crippen molar-refractivity contribution < 1.29 is 18.1 Å². The highest BCUT2D eigenvalue weighted by Crippen LogP contribution is 2.30. The summed E-state index contributed by atoms with van der Waals surface area (Å²) < 4.78 is 40.3. The minimum Gasteiger partial charge on any atom is -0.258 e. The first kappa shape index (κ1) is 18.8. The van der Waals surface area contributed by atoms with Gasteiger partial charge in [-0.15, -0.1) is 5.10 Å². The number of nitrogens with zero attached hydrogens (tertiary/aromatic N) is 4. The molecule has 1 heterocycles. The Balaban J connectivity index is 2.03. The minimum atomic E-state index is -4.70. The maximum Gasteiger partial charge on any atom is 0.453 e. The molecule has 0 aliphatic carbocycles. The van der Waals surface area contributed by atoms with E-state index < -0.39 is 16.9 Å².